The molecule has 6 heteroatoms. The van der Waals surface area contributed by atoms with E-state index in [1.807, 2.05) is 11.0 Å². The van der Waals surface area contributed by atoms with E-state index in [-0.39, 0.29) is 17.1 Å². The van der Waals surface area contributed by atoms with Crippen LogP contribution in [0.15, 0.2) is 53.5 Å². The molecular formula is C24H29FN4O. The van der Waals surface area contributed by atoms with Crippen LogP contribution in [0.3, 0.4) is 0 Å². The maximum absolute atomic E-state index is 13.6. The molecule has 2 aromatic rings. The lowest BCUT2D eigenvalue weighted by molar-refractivity contribution is -0.128. The summed E-state index contributed by atoms with van der Waals surface area (Å²) in [5.74, 6) is 0.811. The summed E-state index contributed by atoms with van der Waals surface area (Å²) in [7, 11) is 1.76. The minimum atomic E-state index is -0.182. The van der Waals surface area contributed by atoms with Gasteiger partial charge in [-0.05, 0) is 48.1 Å². The van der Waals surface area contributed by atoms with Gasteiger partial charge in [-0.3, -0.25) is 9.79 Å². The molecule has 0 bridgehead atoms. The molecule has 2 aliphatic rings. The van der Waals surface area contributed by atoms with E-state index in [1.54, 1.807) is 19.2 Å². The van der Waals surface area contributed by atoms with E-state index in [1.165, 1.54) is 6.07 Å². The largest absolute Gasteiger partial charge is 0.356 e. The lowest BCUT2D eigenvalue weighted by Gasteiger charge is -2.19. The fraction of sp³-hybridized carbons (Fsp3) is 0.417. The lowest BCUT2D eigenvalue weighted by atomic mass is 9.96. The molecule has 2 aromatic carbocycles. The number of amides is 1. The zero-order chi connectivity index (χ0) is 21.0. The fourth-order valence-corrected chi connectivity index (χ4v) is 4.05. The number of halogens is 1. The number of rotatable bonds is 7. The van der Waals surface area contributed by atoms with Crippen molar-refractivity contribution >= 4 is 11.9 Å². The highest BCUT2D eigenvalue weighted by Crippen LogP contribution is 2.47. The number of hydrogen-bond donors (Lipinski definition) is 2. The number of carbonyl (C=O) groups excluding carboxylic acids is 1. The topological polar surface area (TPSA) is 56.7 Å². The molecule has 2 fully saturated rings. The Morgan fingerprint density at radius 2 is 1.90 bits per heavy atom. The molecule has 5 nitrogen and oxygen atoms in total. The van der Waals surface area contributed by atoms with Crippen molar-refractivity contribution in [2.24, 2.45) is 4.99 Å². The Morgan fingerprint density at radius 3 is 2.53 bits per heavy atom. The zero-order valence-electron chi connectivity index (χ0n) is 17.5. The van der Waals surface area contributed by atoms with E-state index in [0.29, 0.717) is 19.5 Å². The number of nitrogens with one attached hydrogen (secondary N) is 2. The molecule has 1 aliphatic heterocycles. The van der Waals surface area contributed by atoms with Crippen molar-refractivity contribution in [3.05, 3.63) is 71.0 Å². The highest BCUT2D eigenvalue weighted by atomic mass is 19.1. The van der Waals surface area contributed by atoms with E-state index >= 15 is 0 Å². The molecule has 1 saturated heterocycles. The Morgan fingerprint density at radius 1 is 1.13 bits per heavy atom. The highest BCUT2D eigenvalue weighted by molar-refractivity contribution is 5.80. The Bertz CT molecular complexity index is 921. The second kappa shape index (κ2) is 8.86. The normalized spacial score (nSPS) is 17.9. The molecule has 4 rings (SSSR count). The molecule has 0 aromatic heterocycles. The third-order valence-electron chi connectivity index (χ3n) is 6.14. The van der Waals surface area contributed by atoms with Crippen LogP contribution in [0, 0.1) is 5.82 Å². The maximum Gasteiger partial charge on any atom is 0.222 e. The Balaban J connectivity index is 1.27. The molecule has 158 valence electrons. The number of likely N-dealkylation sites (tertiary alicyclic amines) is 1. The first-order valence-corrected chi connectivity index (χ1v) is 10.6. The van der Waals surface area contributed by atoms with Gasteiger partial charge in [0.05, 0.1) is 0 Å². The number of carbonyl (C=O) groups is 1. The molecule has 0 unspecified atom stereocenters. The first-order valence-electron chi connectivity index (χ1n) is 10.6. The van der Waals surface area contributed by atoms with Crippen LogP contribution in [0.25, 0.3) is 0 Å². The van der Waals surface area contributed by atoms with Crippen molar-refractivity contribution in [1.29, 1.82) is 0 Å². The number of hydrogen-bond acceptors (Lipinski definition) is 2. The van der Waals surface area contributed by atoms with Crippen LogP contribution in [0.1, 0.15) is 42.4 Å². The summed E-state index contributed by atoms with van der Waals surface area (Å²) in [6.45, 7) is 2.95. The minimum Gasteiger partial charge on any atom is -0.356 e. The van der Waals surface area contributed by atoms with Gasteiger partial charge in [-0.2, -0.15) is 0 Å². The van der Waals surface area contributed by atoms with Crippen molar-refractivity contribution in [2.75, 3.05) is 20.1 Å². The summed E-state index contributed by atoms with van der Waals surface area (Å²) in [5.41, 5.74) is 3.37. The standard InChI is InChI=1S/C24H29FN4O/c1-26-23(28-17-24(11-12-24)20-4-2-5-21(25)14-20)27-15-18-7-9-19(10-8-18)16-29-13-3-6-22(29)30/h2,4-5,7-10,14H,3,6,11-13,15-17H2,1H3,(H2,26,27,28). The van der Waals surface area contributed by atoms with Crippen molar-refractivity contribution < 1.29 is 9.18 Å². The van der Waals surface area contributed by atoms with Crippen molar-refractivity contribution in [1.82, 2.24) is 15.5 Å². The molecule has 1 amide bonds. The number of benzene rings is 2. The van der Waals surface area contributed by atoms with Crippen LogP contribution >= 0.6 is 0 Å². The summed E-state index contributed by atoms with van der Waals surface area (Å²) >= 11 is 0. The molecule has 1 aliphatic carbocycles. The predicted octanol–water partition coefficient (Wildman–Crippen LogP) is 3.34. The quantitative estimate of drug-likeness (QED) is 0.546. The second-order valence-electron chi connectivity index (χ2n) is 8.31. The van der Waals surface area contributed by atoms with Crippen LogP contribution in [-0.2, 0) is 23.3 Å². The third-order valence-corrected chi connectivity index (χ3v) is 6.14. The third kappa shape index (κ3) is 4.81. The summed E-state index contributed by atoms with van der Waals surface area (Å²) in [6, 6.07) is 15.3. The van der Waals surface area contributed by atoms with Gasteiger partial charge in [0.25, 0.3) is 0 Å². The smallest absolute Gasteiger partial charge is 0.222 e. The minimum absolute atomic E-state index is 0.00831. The van der Waals surface area contributed by atoms with E-state index < -0.39 is 0 Å². The first kappa shape index (κ1) is 20.4. The molecule has 0 atom stereocenters. The van der Waals surface area contributed by atoms with Crippen LogP contribution < -0.4 is 10.6 Å². The van der Waals surface area contributed by atoms with Gasteiger partial charge in [-0.25, -0.2) is 4.39 Å². The highest BCUT2D eigenvalue weighted by Gasteiger charge is 2.44. The SMILES string of the molecule is CN=C(NCc1ccc(CN2CCCC2=O)cc1)NCC1(c2cccc(F)c2)CC1. The molecule has 30 heavy (non-hydrogen) atoms. The summed E-state index contributed by atoms with van der Waals surface area (Å²) in [6.07, 6.45) is 3.75. The monoisotopic (exact) mass is 408 g/mol. The predicted molar refractivity (Wildman–Crippen MR) is 117 cm³/mol. The van der Waals surface area contributed by atoms with Crippen molar-refractivity contribution in [3.63, 3.8) is 0 Å². The van der Waals surface area contributed by atoms with E-state index in [2.05, 4.69) is 39.9 Å². The first-order chi connectivity index (χ1) is 14.6. The summed E-state index contributed by atoms with van der Waals surface area (Å²) < 4.78 is 13.6. The van der Waals surface area contributed by atoms with Crippen LogP contribution in [0.5, 0.6) is 0 Å². The number of guanidine groups is 1. The second-order valence-corrected chi connectivity index (χ2v) is 8.31. The van der Waals surface area contributed by atoms with Crippen LogP contribution in [-0.4, -0.2) is 36.9 Å². The molecule has 1 saturated carbocycles. The number of aliphatic imine (C=N–C) groups is 1. The van der Waals surface area contributed by atoms with Crippen LogP contribution in [0.2, 0.25) is 0 Å². The lowest BCUT2D eigenvalue weighted by Crippen LogP contribution is -2.40. The van der Waals surface area contributed by atoms with Crippen LogP contribution in [0.4, 0.5) is 4.39 Å². The molecule has 0 radical (unpaired) electrons. The molecule has 1 heterocycles. The van der Waals surface area contributed by atoms with Gasteiger partial charge < -0.3 is 15.5 Å². The van der Waals surface area contributed by atoms with Crippen molar-refractivity contribution in [3.8, 4) is 0 Å². The van der Waals surface area contributed by atoms with Gasteiger partial charge in [0.1, 0.15) is 5.82 Å². The Labute approximate surface area is 177 Å². The molecule has 0 spiro atoms. The average Bonchev–Trinajstić information content (AvgIpc) is 3.45. The average molecular weight is 409 g/mol. The van der Waals surface area contributed by atoms with Crippen molar-refractivity contribution in [2.45, 2.75) is 44.2 Å². The van der Waals surface area contributed by atoms with E-state index in [0.717, 1.165) is 55.0 Å². The van der Waals surface area contributed by atoms with E-state index in [9.17, 15) is 9.18 Å². The Hall–Kier alpha value is -2.89. The maximum atomic E-state index is 13.6. The van der Waals surface area contributed by atoms with Gasteiger partial charge in [0.15, 0.2) is 5.96 Å². The molecule has 2 N–H and O–H groups in total. The Kier molecular flexibility index (Phi) is 6.02. The van der Waals surface area contributed by atoms with E-state index in [4.69, 9.17) is 0 Å². The summed E-state index contributed by atoms with van der Waals surface area (Å²) in [4.78, 5) is 18.0. The molecular weight excluding hydrogens is 379 g/mol. The van der Waals surface area contributed by atoms with Gasteiger partial charge in [0.2, 0.25) is 5.91 Å². The van der Waals surface area contributed by atoms with Gasteiger partial charge in [0, 0.05) is 45.1 Å². The van der Waals surface area contributed by atoms with Gasteiger partial charge >= 0.3 is 0 Å². The van der Waals surface area contributed by atoms with Gasteiger partial charge in [-0.1, -0.05) is 36.4 Å². The fourth-order valence-electron chi connectivity index (χ4n) is 4.05. The van der Waals surface area contributed by atoms with Gasteiger partial charge in [-0.15, -0.1) is 0 Å². The number of nitrogens with zero attached hydrogens (tertiary/aromatic N) is 2. The zero-order valence-corrected chi connectivity index (χ0v) is 17.5. The summed E-state index contributed by atoms with van der Waals surface area (Å²) in [5, 5.41) is 6.75.